The third-order valence-corrected chi connectivity index (χ3v) is 9.87. The summed E-state index contributed by atoms with van der Waals surface area (Å²) in [5.41, 5.74) is 2.74. The van der Waals surface area contributed by atoms with Gasteiger partial charge in [-0.1, -0.05) is 51.1 Å². The number of fused-ring (bicyclic) bond motifs is 6. The van der Waals surface area contributed by atoms with Crippen LogP contribution in [-0.4, -0.2) is 38.8 Å². The van der Waals surface area contributed by atoms with Gasteiger partial charge >= 0.3 is 0 Å². The molecule has 2 aromatic carbocycles. The lowest BCUT2D eigenvalue weighted by Crippen LogP contribution is -2.54. The average molecular weight is 485 g/mol. The molecule has 1 saturated carbocycles. The number of carbonyl (C=O) groups excluding carboxylic acids is 1. The van der Waals surface area contributed by atoms with E-state index in [2.05, 4.69) is 49.9 Å². The highest BCUT2D eigenvalue weighted by molar-refractivity contribution is 5.93. The van der Waals surface area contributed by atoms with E-state index >= 15 is 0 Å². The van der Waals surface area contributed by atoms with Crippen LogP contribution in [-0.2, 0) is 22.0 Å². The Hall–Kier alpha value is -3.35. The minimum atomic E-state index is -0.755. The molecule has 0 radical (unpaired) electrons. The van der Waals surface area contributed by atoms with Crippen LogP contribution in [0.1, 0.15) is 63.4 Å². The first kappa shape index (κ1) is 23.1. The van der Waals surface area contributed by atoms with Gasteiger partial charge in [-0.15, -0.1) is 0 Å². The first-order chi connectivity index (χ1) is 17.2. The van der Waals surface area contributed by atoms with Gasteiger partial charge in [0.1, 0.15) is 0 Å². The van der Waals surface area contributed by atoms with Gasteiger partial charge in [-0.2, -0.15) is 0 Å². The fourth-order valence-electron chi connectivity index (χ4n) is 7.23. The van der Waals surface area contributed by atoms with Crippen molar-refractivity contribution < 1.29 is 9.72 Å². The number of hydrogen-bond donors (Lipinski definition) is 0. The Balaban J connectivity index is 1.34. The Labute approximate surface area is 211 Å². The van der Waals surface area contributed by atoms with E-state index in [9.17, 15) is 14.9 Å². The van der Waals surface area contributed by atoms with Gasteiger partial charge in [0.2, 0.25) is 5.91 Å². The molecule has 1 amide bonds. The molecular formula is C29H32N4O3. The number of nitro groups is 1. The summed E-state index contributed by atoms with van der Waals surface area (Å²) in [4.78, 5) is 37.4. The number of aromatic nitrogens is 2. The largest absolute Gasteiger partial charge is 0.342 e. The molecule has 2 aliphatic carbocycles. The number of carbonyl (C=O) groups is 1. The summed E-state index contributed by atoms with van der Waals surface area (Å²) in [5.74, 6) is 0.739. The van der Waals surface area contributed by atoms with Crippen LogP contribution in [0, 0.1) is 21.4 Å². The van der Waals surface area contributed by atoms with Crippen molar-refractivity contribution in [3.63, 3.8) is 0 Å². The molecule has 2 heterocycles. The average Bonchev–Trinajstić information content (AvgIpc) is 3.17. The van der Waals surface area contributed by atoms with Crippen molar-refractivity contribution in [3.05, 3.63) is 75.6 Å². The second-order valence-electron chi connectivity index (χ2n) is 11.6. The number of amides is 1. The molecule has 1 saturated heterocycles. The zero-order valence-corrected chi connectivity index (χ0v) is 21.2. The van der Waals surface area contributed by atoms with Crippen LogP contribution in [0.2, 0.25) is 0 Å². The predicted molar refractivity (Wildman–Crippen MR) is 138 cm³/mol. The molecule has 36 heavy (non-hydrogen) atoms. The van der Waals surface area contributed by atoms with Crippen LogP contribution in [0.4, 0.5) is 5.69 Å². The Morgan fingerprint density at radius 2 is 1.69 bits per heavy atom. The molecule has 2 unspecified atom stereocenters. The maximum atomic E-state index is 14.4. The van der Waals surface area contributed by atoms with E-state index < -0.39 is 10.3 Å². The summed E-state index contributed by atoms with van der Waals surface area (Å²) < 4.78 is 0. The van der Waals surface area contributed by atoms with Crippen LogP contribution in [0.3, 0.4) is 0 Å². The number of non-ortho nitro benzene ring substituents is 1. The van der Waals surface area contributed by atoms with Crippen molar-refractivity contribution >= 4 is 22.6 Å². The van der Waals surface area contributed by atoms with Crippen molar-refractivity contribution in [2.45, 2.75) is 63.7 Å². The molecular weight excluding hydrogens is 452 g/mol. The maximum absolute atomic E-state index is 14.4. The molecule has 3 aromatic rings. The lowest BCUT2D eigenvalue weighted by atomic mass is 9.63. The molecule has 6 rings (SSSR count). The van der Waals surface area contributed by atoms with Gasteiger partial charge in [-0.05, 0) is 55.1 Å². The minimum Gasteiger partial charge on any atom is -0.342 e. The molecule has 2 fully saturated rings. The third-order valence-electron chi connectivity index (χ3n) is 9.87. The monoisotopic (exact) mass is 484 g/mol. The minimum absolute atomic E-state index is 0.00811. The SMILES string of the molecule is CC12CCC(C(=O)N3CCC(Cc4ccccc4)CC3)(c3nc4cc([N+](=O)[O-])ccc4nc31)C2(C)C. The van der Waals surface area contributed by atoms with E-state index in [-0.39, 0.29) is 22.4 Å². The number of rotatable bonds is 4. The molecule has 186 valence electrons. The van der Waals surface area contributed by atoms with Crippen molar-refractivity contribution in [3.8, 4) is 0 Å². The number of benzene rings is 2. The second-order valence-corrected chi connectivity index (χ2v) is 11.6. The Bertz CT molecular complexity index is 1380. The van der Waals surface area contributed by atoms with Gasteiger partial charge in [0.25, 0.3) is 5.69 Å². The van der Waals surface area contributed by atoms with Crippen molar-refractivity contribution in [2.75, 3.05) is 13.1 Å². The maximum Gasteiger partial charge on any atom is 0.271 e. The predicted octanol–water partition coefficient (Wildman–Crippen LogP) is 5.35. The van der Waals surface area contributed by atoms with Crippen LogP contribution in [0.15, 0.2) is 48.5 Å². The van der Waals surface area contributed by atoms with Crippen molar-refractivity contribution in [1.82, 2.24) is 14.9 Å². The van der Waals surface area contributed by atoms with E-state index in [1.807, 2.05) is 6.07 Å². The zero-order chi connectivity index (χ0) is 25.3. The summed E-state index contributed by atoms with van der Waals surface area (Å²) in [6.45, 7) is 8.11. The van der Waals surface area contributed by atoms with E-state index in [1.165, 1.54) is 17.7 Å². The van der Waals surface area contributed by atoms with Gasteiger partial charge in [0.15, 0.2) is 0 Å². The Morgan fingerprint density at radius 3 is 2.39 bits per heavy atom. The highest BCUT2D eigenvalue weighted by Gasteiger charge is 2.73. The molecule has 0 spiro atoms. The molecule has 3 aliphatic rings. The van der Waals surface area contributed by atoms with Crippen LogP contribution >= 0.6 is 0 Å². The number of nitro benzene ring substituents is 1. The van der Waals surface area contributed by atoms with Gasteiger partial charge < -0.3 is 4.90 Å². The molecule has 2 atom stereocenters. The highest BCUT2D eigenvalue weighted by Crippen LogP contribution is 2.70. The standard InChI is InChI=1S/C29H32N4O3/c1-27(2)28(3)13-14-29(27,25-24(28)30-22-10-9-21(33(35)36)18-23(22)31-25)26(34)32-15-11-20(12-16-32)17-19-7-5-4-6-8-19/h4-10,18,20H,11-17H2,1-3H3. The molecule has 2 bridgehead atoms. The molecule has 1 aromatic heterocycles. The first-order valence-corrected chi connectivity index (χ1v) is 13.0. The normalized spacial score (nSPS) is 26.8. The fraction of sp³-hybridized carbons (Fsp3) is 0.483. The van der Waals surface area contributed by atoms with Crippen LogP contribution in [0.25, 0.3) is 11.0 Å². The first-order valence-electron chi connectivity index (χ1n) is 13.0. The molecule has 0 N–H and O–H groups in total. The zero-order valence-electron chi connectivity index (χ0n) is 21.2. The van der Waals surface area contributed by atoms with E-state index in [0.717, 1.165) is 56.6 Å². The summed E-state index contributed by atoms with van der Waals surface area (Å²) in [6, 6.07) is 15.2. The topological polar surface area (TPSA) is 89.2 Å². The summed E-state index contributed by atoms with van der Waals surface area (Å²) in [5, 5.41) is 11.4. The number of piperidine rings is 1. The number of nitrogens with zero attached hydrogens (tertiary/aromatic N) is 4. The summed E-state index contributed by atoms with van der Waals surface area (Å²) in [6.07, 6.45) is 4.67. The number of hydrogen-bond acceptors (Lipinski definition) is 5. The Morgan fingerprint density at radius 1 is 1.00 bits per heavy atom. The molecule has 7 heteroatoms. The second kappa shape index (κ2) is 7.82. The lowest BCUT2D eigenvalue weighted by Gasteiger charge is -2.44. The van der Waals surface area contributed by atoms with Crippen LogP contribution in [0.5, 0.6) is 0 Å². The van der Waals surface area contributed by atoms with Gasteiger partial charge in [0.05, 0.1) is 32.8 Å². The van der Waals surface area contributed by atoms with Crippen molar-refractivity contribution in [2.24, 2.45) is 11.3 Å². The van der Waals surface area contributed by atoms with E-state index in [1.54, 1.807) is 6.07 Å². The molecule has 1 aliphatic heterocycles. The quantitative estimate of drug-likeness (QED) is 0.368. The molecule has 7 nitrogen and oxygen atoms in total. The van der Waals surface area contributed by atoms with E-state index in [4.69, 9.17) is 9.97 Å². The number of likely N-dealkylation sites (tertiary alicyclic amines) is 1. The summed E-state index contributed by atoms with van der Waals surface area (Å²) in [7, 11) is 0. The third kappa shape index (κ3) is 3.01. The van der Waals surface area contributed by atoms with Crippen LogP contribution < -0.4 is 0 Å². The highest BCUT2D eigenvalue weighted by atomic mass is 16.6. The van der Waals surface area contributed by atoms with E-state index in [0.29, 0.717) is 17.0 Å². The van der Waals surface area contributed by atoms with Gasteiger partial charge in [0, 0.05) is 30.6 Å². The summed E-state index contributed by atoms with van der Waals surface area (Å²) >= 11 is 0. The Kier molecular flexibility index (Phi) is 5.01. The fourth-order valence-corrected chi connectivity index (χ4v) is 7.23. The van der Waals surface area contributed by atoms with Crippen molar-refractivity contribution in [1.29, 1.82) is 0 Å². The lowest BCUT2D eigenvalue weighted by molar-refractivity contribution is -0.384. The van der Waals surface area contributed by atoms with Gasteiger partial charge in [-0.3, -0.25) is 14.9 Å². The van der Waals surface area contributed by atoms with Gasteiger partial charge in [-0.25, -0.2) is 9.97 Å². The smallest absolute Gasteiger partial charge is 0.271 e.